The first-order valence-electron chi connectivity index (χ1n) is 5.84. The van der Waals surface area contributed by atoms with Gasteiger partial charge in [0.2, 0.25) is 0 Å². The second-order valence-corrected chi connectivity index (χ2v) is 4.63. The predicted molar refractivity (Wildman–Crippen MR) is 65.2 cm³/mol. The molecule has 0 amide bonds. The molecule has 1 saturated carbocycles. The number of methoxy groups -OCH3 is 1. The molecule has 3 N–H and O–H groups in total. The molecule has 0 aromatic heterocycles. The highest BCUT2D eigenvalue weighted by Crippen LogP contribution is 2.38. The van der Waals surface area contributed by atoms with E-state index in [1.165, 1.54) is 0 Å². The van der Waals surface area contributed by atoms with Crippen LogP contribution < -0.4 is 15.2 Å². The summed E-state index contributed by atoms with van der Waals surface area (Å²) in [7, 11) is 1.62. The van der Waals surface area contributed by atoms with E-state index in [4.69, 9.17) is 15.2 Å². The van der Waals surface area contributed by atoms with Gasteiger partial charge in [0.05, 0.1) is 19.3 Å². The molecule has 1 unspecified atom stereocenters. The van der Waals surface area contributed by atoms with Crippen molar-refractivity contribution in [2.24, 2.45) is 11.7 Å². The maximum atomic E-state index is 9.34. The van der Waals surface area contributed by atoms with E-state index in [2.05, 4.69) is 0 Å². The van der Waals surface area contributed by atoms with Crippen molar-refractivity contribution in [3.05, 3.63) is 24.3 Å². The lowest BCUT2D eigenvalue weighted by atomic mass is 9.97. The number of rotatable bonds is 6. The molecule has 0 spiro atoms. The molecular weight excluding hydrogens is 218 g/mol. The quantitative estimate of drug-likeness (QED) is 0.779. The molecule has 1 aliphatic carbocycles. The van der Waals surface area contributed by atoms with Gasteiger partial charge in [0.1, 0.15) is 18.1 Å². The van der Waals surface area contributed by atoms with Crippen molar-refractivity contribution in [2.75, 3.05) is 20.3 Å². The van der Waals surface area contributed by atoms with Crippen LogP contribution in [0.1, 0.15) is 12.8 Å². The van der Waals surface area contributed by atoms with Crippen LogP contribution in [-0.2, 0) is 0 Å². The number of aliphatic hydroxyl groups is 1. The number of benzene rings is 1. The fourth-order valence-corrected chi connectivity index (χ4v) is 1.86. The highest BCUT2D eigenvalue weighted by molar-refractivity contribution is 5.32. The summed E-state index contributed by atoms with van der Waals surface area (Å²) in [5, 5.41) is 9.34. The van der Waals surface area contributed by atoms with Crippen LogP contribution in [-0.4, -0.2) is 31.0 Å². The SMILES string of the molecule is COc1cccc(OCC(N)(CO)C2CC2)c1. The monoisotopic (exact) mass is 237 g/mol. The predicted octanol–water partition coefficient (Wildman–Crippen LogP) is 1.17. The molecule has 2 rings (SSSR count). The van der Waals surface area contributed by atoms with E-state index < -0.39 is 5.54 Å². The molecule has 4 heteroatoms. The van der Waals surface area contributed by atoms with Crippen molar-refractivity contribution in [2.45, 2.75) is 18.4 Å². The van der Waals surface area contributed by atoms with Crippen molar-refractivity contribution < 1.29 is 14.6 Å². The third-order valence-electron chi connectivity index (χ3n) is 3.23. The van der Waals surface area contributed by atoms with Gasteiger partial charge in [-0.1, -0.05) is 6.07 Å². The normalized spacial score (nSPS) is 18.5. The average Bonchev–Trinajstić information content (AvgIpc) is 3.21. The van der Waals surface area contributed by atoms with E-state index in [1.54, 1.807) is 7.11 Å². The molecular formula is C13H19NO3. The lowest BCUT2D eigenvalue weighted by Gasteiger charge is -2.27. The summed E-state index contributed by atoms with van der Waals surface area (Å²) < 4.78 is 10.8. The van der Waals surface area contributed by atoms with Crippen molar-refractivity contribution >= 4 is 0 Å². The summed E-state index contributed by atoms with van der Waals surface area (Å²) in [5.74, 6) is 1.85. The van der Waals surface area contributed by atoms with Gasteiger partial charge in [-0.2, -0.15) is 0 Å². The zero-order valence-corrected chi connectivity index (χ0v) is 10.1. The van der Waals surface area contributed by atoms with E-state index in [0.717, 1.165) is 18.6 Å². The average molecular weight is 237 g/mol. The Morgan fingerprint density at radius 3 is 2.71 bits per heavy atom. The van der Waals surface area contributed by atoms with E-state index in [9.17, 15) is 5.11 Å². The molecule has 0 radical (unpaired) electrons. The van der Waals surface area contributed by atoms with Gasteiger partial charge in [-0.05, 0) is 30.9 Å². The lowest BCUT2D eigenvalue weighted by molar-refractivity contribution is 0.116. The summed E-state index contributed by atoms with van der Waals surface area (Å²) in [5.41, 5.74) is 5.51. The lowest BCUT2D eigenvalue weighted by Crippen LogP contribution is -2.51. The minimum Gasteiger partial charge on any atom is -0.497 e. The standard InChI is InChI=1S/C13H19NO3/c1-16-11-3-2-4-12(7-11)17-9-13(14,8-15)10-5-6-10/h2-4,7,10,15H,5-6,8-9,14H2,1H3. The van der Waals surface area contributed by atoms with Gasteiger partial charge in [0.25, 0.3) is 0 Å². The molecule has 1 fully saturated rings. The Kier molecular flexibility index (Phi) is 3.54. The van der Waals surface area contributed by atoms with E-state index in [-0.39, 0.29) is 6.61 Å². The van der Waals surface area contributed by atoms with Gasteiger partial charge in [-0.25, -0.2) is 0 Å². The third kappa shape index (κ3) is 2.90. The minimum atomic E-state index is -0.608. The third-order valence-corrected chi connectivity index (χ3v) is 3.23. The molecule has 0 bridgehead atoms. The Morgan fingerprint density at radius 2 is 2.12 bits per heavy atom. The number of hydrogen-bond acceptors (Lipinski definition) is 4. The van der Waals surface area contributed by atoms with Gasteiger partial charge >= 0.3 is 0 Å². The number of hydrogen-bond donors (Lipinski definition) is 2. The van der Waals surface area contributed by atoms with Crippen LogP contribution in [0, 0.1) is 5.92 Å². The second kappa shape index (κ2) is 4.94. The number of aliphatic hydroxyl groups excluding tert-OH is 1. The van der Waals surface area contributed by atoms with Crippen LogP contribution in [0.4, 0.5) is 0 Å². The molecule has 94 valence electrons. The summed E-state index contributed by atoms with van der Waals surface area (Å²) in [6.45, 7) is 0.295. The van der Waals surface area contributed by atoms with Gasteiger partial charge in [-0.3, -0.25) is 0 Å². The van der Waals surface area contributed by atoms with Crippen molar-refractivity contribution in [1.82, 2.24) is 0 Å². The van der Waals surface area contributed by atoms with Crippen LogP contribution in [0.15, 0.2) is 24.3 Å². The van der Waals surface area contributed by atoms with Crippen LogP contribution in [0.2, 0.25) is 0 Å². The van der Waals surface area contributed by atoms with E-state index >= 15 is 0 Å². The number of nitrogens with two attached hydrogens (primary N) is 1. The molecule has 4 nitrogen and oxygen atoms in total. The molecule has 0 aliphatic heterocycles. The molecule has 1 aromatic carbocycles. The van der Waals surface area contributed by atoms with Crippen molar-refractivity contribution in [3.8, 4) is 11.5 Å². The molecule has 1 aromatic rings. The first-order chi connectivity index (χ1) is 8.18. The van der Waals surface area contributed by atoms with Gasteiger partial charge in [0.15, 0.2) is 0 Å². The summed E-state index contributed by atoms with van der Waals surface area (Å²) in [4.78, 5) is 0. The largest absolute Gasteiger partial charge is 0.497 e. The van der Waals surface area contributed by atoms with Crippen LogP contribution in [0.25, 0.3) is 0 Å². The first kappa shape index (κ1) is 12.2. The fraction of sp³-hybridized carbons (Fsp3) is 0.538. The molecule has 17 heavy (non-hydrogen) atoms. The maximum Gasteiger partial charge on any atom is 0.123 e. The molecule has 0 saturated heterocycles. The first-order valence-corrected chi connectivity index (χ1v) is 5.84. The fourth-order valence-electron chi connectivity index (χ4n) is 1.86. The van der Waals surface area contributed by atoms with Gasteiger partial charge in [-0.15, -0.1) is 0 Å². The topological polar surface area (TPSA) is 64.7 Å². The van der Waals surface area contributed by atoms with Crippen LogP contribution >= 0.6 is 0 Å². The Bertz CT molecular complexity index is 379. The van der Waals surface area contributed by atoms with Crippen LogP contribution in [0.5, 0.6) is 11.5 Å². The summed E-state index contributed by atoms with van der Waals surface area (Å²) >= 11 is 0. The van der Waals surface area contributed by atoms with Crippen molar-refractivity contribution in [3.63, 3.8) is 0 Å². The molecule has 1 aliphatic rings. The van der Waals surface area contributed by atoms with Crippen molar-refractivity contribution in [1.29, 1.82) is 0 Å². The highest BCUT2D eigenvalue weighted by Gasteiger charge is 2.42. The zero-order valence-electron chi connectivity index (χ0n) is 10.1. The Hall–Kier alpha value is -1.26. The Balaban J connectivity index is 1.96. The number of ether oxygens (including phenoxy) is 2. The van der Waals surface area contributed by atoms with Gasteiger partial charge < -0.3 is 20.3 Å². The van der Waals surface area contributed by atoms with E-state index in [1.807, 2.05) is 24.3 Å². The smallest absolute Gasteiger partial charge is 0.123 e. The van der Waals surface area contributed by atoms with Gasteiger partial charge in [0, 0.05) is 6.07 Å². The Labute approximate surface area is 101 Å². The minimum absolute atomic E-state index is 0.0400. The molecule has 0 heterocycles. The second-order valence-electron chi connectivity index (χ2n) is 4.63. The maximum absolute atomic E-state index is 9.34. The molecule has 1 atom stereocenters. The van der Waals surface area contributed by atoms with Crippen LogP contribution in [0.3, 0.4) is 0 Å². The highest BCUT2D eigenvalue weighted by atomic mass is 16.5. The summed E-state index contributed by atoms with van der Waals surface area (Å²) in [6.07, 6.45) is 2.16. The summed E-state index contributed by atoms with van der Waals surface area (Å²) in [6, 6.07) is 7.38. The van der Waals surface area contributed by atoms with E-state index in [0.29, 0.717) is 18.3 Å². The Morgan fingerprint density at radius 1 is 1.41 bits per heavy atom. The zero-order chi connectivity index (χ0) is 12.3.